The maximum absolute atomic E-state index is 12.1. The number of thiazole rings is 1. The molecule has 0 radical (unpaired) electrons. The molecule has 0 unspecified atom stereocenters. The Bertz CT molecular complexity index is 699. The molecule has 0 atom stereocenters. The van der Waals surface area contributed by atoms with Crippen LogP contribution in [0, 0.1) is 6.92 Å². The van der Waals surface area contributed by atoms with Crippen molar-refractivity contribution in [3.8, 4) is 0 Å². The van der Waals surface area contributed by atoms with Gasteiger partial charge in [0.25, 0.3) is 0 Å². The van der Waals surface area contributed by atoms with Gasteiger partial charge in [-0.25, -0.2) is 23.1 Å². The lowest BCUT2D eigenvalue weighted by Gasteiger charge is -2.07. The van der Waals surface area contributed by atoms with Crippen LogP contribution in [0.2, 0.25) is 0 Å². The molecule has 0 amide bonds. The summed E-state index contributed by atoms with van der Waals surface area (Å²) in [4.78, 5) is 7.94. The van der Waals surface area contributed by atoms with Gasteiger partial charge in [-0.1, -0.05) is 0 Å². The van der Waals surface area contributed by atoms with E-state index in [4.69, 9.17) is 5.73 Å². The molecule has 2 rings (SSSR count). The minimum Gasteiger partial charge on any atom is -0.383 e. The number of nitrogen functional groups attached to an aromatic ring is 1. The normalized spacial score (nSPS) is 11.7. The summed E-state index contributed by atoms with van der Waals surface area (Å²) in [6.07, 6.45) is 1.44. The van der Waals surface area contributed by atoms with E-state index in [1.807, 2.05) is 12.3 Å². The van der Waals surface area contributed by atoms with Gasteiger partial charge in [-0.05, 0) is 28.9 Å². The van der Waals surface area contributed by atoms with Crippen LogP contribution in [0.5, 0.6) is 0 Å². The molecule has 0 saturated carbocycles. The number of nitrogens with two attached hydrogens (primary N) is 1. The first-order valence-electron chi connectivity index (χ1n) is 5.20. The second-order valence-electron chi connectivity index (χ2n) is 3.74. The van der Waals surface area contributed by atoms with E-state index in [-0.39, 0.29) is 17.3 Å². The molecule has 0 bridgehead atoms. The first-order valence-corrected chi connectivity index (χ1v) is 8.36. The fraction of sp³-hybridized carbons (Fsp3) is 0.200. The van der Waals surface area contributed by atoms with Gasteiger partial charge in [0.05, 0.1) is 6.54 Å². The van der Waals surface area contributed by atoms with Crippen molar-refractivity contribution in [1.29, 1.82) is 0 Å². The van der Waals surface area contributed by atoms with Crippen LogP contribution in [0.25, 0.3) is 0 Å². The van der Waals surface area contributed by atoms with E-state index in [9.17, 15) is 8.42 Å². The van der Waals surface area contributed by atoms with Crippen molar-refractivity contribution in [3.63, 3.8) is 0 Å². The van der Waals surface area contributed by atoms with Crippen molar-refractivity contribution >= 4 is 43.1 Å². The van der Waals surface area contributed by atoms with Gasteiger partial charge in [0.15, 0.2) is 0 Å². The summed E-state index contributed by atoms with van der Waals surface area (Å²) in [7, 11) is -3.70. The number of anilines is 1. The molecule has 102 valence electrons. The highest BCUT2D eigenvalue weighted by molar-refractivity contribution is 9.10. The Hall–Kier alpha value is -1.03. The van der Waals surface area contributed by atoms with Crippen molar-refractivity contribution in [3.05, 3.63) is 32.8 Å². The quantitative estimate of drug-likeness (QED) is 0.861. The Morgan fingerprint density at radius 3 is 2.89 bits per heavy atom. The molecule has 0 spiro atoms. The van der Waals surface area contributed by atoms with Gasteiger partial charge in [0.2, 0.25) is 10.0 Å². The fourth-order valence-electron chi connectivity index (χ4n) is 1.36. The zero-order chi connectivity index (χ0) is 14.0. The predicted molar refractivity (Wildman–Crippen MR) is 77.2 cm³/mol. The number of hydrogen-bond donors (Lipinski definition) is 2. The number of nitrogens with one attached hydrogen (secondary N) is 1. The summed E-state index contributed by atoms with van der Waals surface area (Å²) >= 11 is 4.57. The average molecular weight is 363 g/mol. The third-order valence-electron chi connectivity index (χ3n) is 2.22. The summed E-state index contributed by atoms with van der Waals surface area (Å²) < 4.78 is 27.2. The van der Waals surface area contributed by atoms with Crippen molar-refractivity contribution in [1.82, 2.24) is 14.7 Å². The van der Waals surface area contributed by atoms with E-state index in [0.29, 0.717) is 9.48 Å². The van der Waals surface area contributed by atoms with E-state index < -0.39 is 10.0 Å². The van der Waals surface area contributed by atoms with Crippen molar-refractivity contribution in [2.45, 2.75) is 18.4 Å². The summed E-state index contributed by atoms with van der Waals surface area (Å²) in [5.74, 6) is -0.0361. The molecule has 0 aliphatic carbocycles. The van der Waals surface area contributed by atoms with Crippen molar-refractivity contribution in [2.75, 3.05) is 5.73 Å². The minimum atomic E-state index is -3.70. The van der Waals surface area contributed by atoms with E-state index in [1.165, 1.54) is 23.6 Å². The highest BCUT2D eigenvalue weighted by atomic mass is 79.9. The summed E-state index contributed by atoms with van der Waals surface area (Å²) in [5, 5.41) is 2.56. The van der Waals surface area contributed by atoms with Crippen LogP contribution >= 0.6 is 27.3 Å². The SMILES string of the molecule is Cc1csc(CNS(=O)(=O)c2cc(Br)cnc2N)n1. The first-order chi connectivity index (χ1) is 8.88. The molecule has 0 fully saturated rings. The topological polar surface area (TPSA) is 98.0 Å². The standard InChI is InChI=1S/C10H11BrN4O2S2/c1-6-5-18-9(15-6)4-14-19(16,17)8-2-7(11)3-13-10(8)12/h2-3,5,14H,4H2,1H3,(H2,12,13). The first kappa shape index (κ1) is 14.4. The van der Waals surface area contributed by atoms with Crippen molar-refractivity contribution < 1.29 is 8.42 Å². The third kappa shape index (κ3) is 3.50. The zero-order valence-electron chi connectivity index (χ0n) is 9.92. The molecule has 19 heavy (non-hydrogen) atoms. The predicted octanol–water partition coefficient (Wildman–Crippen LogP) is 1.67. The molecule has 0 saturated heterocycles. The monoisotopic (exact) mass is 362 g/mol. The number of rotatable bonds is 4. The van der Waals surface area contributed by atoms with Crippen LogP contribution in [0.3, 0.4) is 0 Å². The van der Waals surface area contributed by atoms with Crippen LogP contribution in [0.1, 0.15) is 10.7 Å². The Balaban J connectivity index is 2.20. The lowest BCUT2D eigenvalue weighted by Crippen LogP contribution is -2.24. The van der Waals surface area contributed by atoms with E-state index >= 15 is 0 Å². The van der Waals surface area contributed by atoms with Crippen LogP contribution < -0.4 is 10.5 Å². The number of nitrogens with zero attached hydrogens (tertiary/aromatic N) is 2. The molecule has 6 nitrogen and oxygen atoms in total. The smallest absolute Gasteiger partial charge is 0.244 e. The molecule has 9 heteroatoms. The van der Waals surface area contributed by atoms with Crippen LogP contribution in [-0.2, 0) is 16.6 Å². The molecule has 0 aliphatic heterocycles. The van der Waals surface area contributed by atoms with Gasteiger partial charge >= 0.3 is 0 Å². The largest absolute Gasteiger partial charge is 0.383 e. The van der Waals surface area contributed by atoms with E-state index in [0.717, 1.165) is 5.69 Å². The van der Waals surface area contributed by atoms with Crippen LogP contribution in [-0.4, -0.2) is 18.4 Å². The fourth-order valence-corrected chi connectivity index (χ4v) is 3.74. The highest BCUT2D eigenvalue weighted by Gasteiger charge is 2.19. The molecular formula is C10H11BrN4O2S2. The summed E-state index contributed by atoms with van der Waals surface area (Å²) in [5.41, 5.74) is 6.45. The Morgan fingerprint density at radius 2 is 2.26 bits per heavy atom. The maximum Gasteiger partial charge on any atom is 0.244 e. The number of hydrogen-bond acceptors (Lipinski definition) is 6. The highest BCUT2D eigenvalue weighted by Crippen LogP contribution is 2.20. The average Bonchev–Trinajstić information content (AvgIpc) is 2.76. The molecule has 0 aliphatic rings. The molecule has 2 heterocycles. The number of pyridine rings is 1. The number of halogens is 1. The van der Waals surface area contributed by atoms with Gasteiger partial charge in [-0.3, -0.25) is 0 Å². The zero-order valence-corrected chi connectivity index (χ0v) is 13.1. The Labute approximate surface area is 123 Å². The van der Waals surface area contributed by atoms with Gasteiger partial charge in [0.1, 0.15) is 15.7 Å². The second-order valence-corrected chi connectivity index (χ2v) is 7.34. The summed E-state index contributed by atoms with van der Waals surface area (Å²) in [6.45, 7) is 1.98. The van der Waals surface area contributed by atoms with Gasteiger partial charge < -0.3 is 5.73 Å². The number of sulfonamides is 1. The minimum absolute atomic E-state index is 0.0361. The van der Waals surface area contributed by atoms with E-state index in [1.54, 1.807) is 0 Å². The van der Waals surface area contributed by atoms with E-state index in [2.05, 4.69) is 30.6 Å². The molecule has 3 N–H and O–H groups in total. The van der Waals surface area contributed by atoms with Gasteiger partial charge in [-0.2, -0.15) is 0 Å². The number of aryl methyl sites for hydroxylation is 1. The molecule has 0 aromatic carbocycles. The Kier molecular flexibility index (Phi) is 4.19. The van der Waals surface area contributed by atoms with Gasteiger partial charge in [0, 0.05) is 21.7 Å². The Morgan fingerprint density at radius 1 is 1.53 bits per heavy atom. The molecule has 2 aromatic heterocycles. The van der Waals surface area contributed by atoms with Crippen LogP contribution in [0.15, 0.2) is 27.0 Å². The summed E-state index contributed by atoms with van der Waals surface area (Å²) in [6, 6.07) is 1.41. The maximum atomic E-state index is 12.1. The lowest BCUT2D eigenvalue weighted by molar-refractivity contribution is 0.581. The molecule has 2 aromatic rings. The third-order valence-corrected chi connectivity index (χ3v) is 5.05. The molecular weight excluding hydrogens is 352 g/mol. The number of aromatic nitrogens is 2. The van der Waals surface area contributed by atoms with Gasteiger partial charge in [-0.15, -0.1) is 11.3 Å². The van der Waals surface area contributed by atoms with Crippen LogP contribution in [0.4, 0.5) is 5.82 Å². The lowest BCUT2D eigenvalue weighted by atomic mass is 10.5. The van der Waals surface area contributed by atoms with Crippen molar-refractivity contribution in [2.24, 2.45) is 0 Å². The second kappa shape index (κ2) is 5.53.